The third kappa shape index (κ3) is 4.45. The van der Waals surface area contributed by atoms with Crippen molar-refractivity contribution in [2.75, 3.05) is 5.32 Å². The van der Waals surface area contributed by atoms with Crippen LogP contribution in [0.25, 0.3) is 21.3 Å². The molecule has 13 heteroatoms. The molecule has 3 heterocycles. The fourth-order valence-electron chi connectivity index (χ4n) is 3.56. The van der Waals surface area contributed by atoms with E-state index in [0.29, 0.717) is 11.1 Å². The molecule has 1 unspecified atom stereocenters. The molecule has 0 aliphatic carbocycles. The van der Waals surface area contributed by atoms with Crippen molar-refractivity contribution in [1.29, 1.82) is 0 Å². The number of aryl methyl sites for hydroxylation is 1. The molecule has 2 amide bonds. The van der Waals surface area contributed by atoms with Crippen LogP contribution < -0.4 is 11.1 Å². The second kappa shape index (κ2) is 9.18. The van der Waals surface area contributed by atoms with E-state index in [-0.39, 0.29) is 32.2 Å². The number of nitro groups is 1. The van der Waals surface area contributed by atoms with Gasteiger partial charge >= 0.3 is 5.69 Å². The first-order chi connectivity index (χ1) is 16.6. The molecule has 35 heavy (non-hydrogen) atoms. The van der Waals surface area contributed by atoms with Gasteiger partial charge in [-0.25, -0.2) is 13.8 Å². The van der Waals surface area contributed by atoms with Crippen molar-refractivity contribution in [3.63, 3.8) is 0 Å². The van der Waals surface area contributed by atoms with Crippen LogP contribution in [0.2, 0.25) is 0 Å². The lowest BCUT2D eigenvalue weighted by Crippen LogP contribution is -2.25. The summed E-state index contributed by atoms with van der Waals surface area (Å²) in [4.78, 5) is 39.9. The number of carbonyl (C=O) groups excluding carboxylic acids is 2. The molecule has 1 atom stereocenters. The molecule has 0 aliphatic rings. The maximum absolute atomic E-state index is 13.6. The quantitative estimate of drug-likeness (QED) is 0.280. The standard InChI is InChI=1S/C22H18F2N6O4S/c1-10-15(30(33)34)9-29(28-10)11(2)21(32)27-17-16-13(12-6-4-3-5-7-12)8-14(19(23)24)26-22(16)35-18(17)20(25)31/h3-9,11,19H,1-2H3,(H2,25,31)(H,27,32). The topological polar surface area (TPSA) is 146 Å². The molecule has 0 bridgehead atoms. The van der Waals surface area contributed by atoms with E-state index >= 15 is 0 Å². The Bertz CT molecular complexity index is 1470. The molecule has 4 aromatic rings. The second-order valence-corrected chi connectivity index (χ2v) is 8.61. The maximum Gasteiger partial charge on any atom is 0.309 e. The highest BCUT2D eigenvalue weighted by atomic mass is 32.1. The zero-order chi connectivity index (χ0) is 25.4. The number of aromatic nitrogens is 3. The third-order valence-electron chi connectivity index (χ3n) is 5.33. The third-order valence-corrected chi connectivity index (χ3v) is 6.42. The zero-order valence-electron chi connectivity index (χ0n) is 18.4. The molecule has 4 rings (SSSR count). The van der Waals surface area contributed by atoms with E-state index < -0.39 is 34.9 Å². The highest BCUT2D eigenvalue weighted by Gasteiger charge is 2.28. The fourth-order valence-corrected chi connectivity index (χ4v) is 4.58. The number of alkyl halides is 2. The lowest BCUT2D eigenvalue weighted by Gasteiger charge is -2.14. The molecule has 0 radical (unpaired) electrons. The Balaban J connectivity index is 1.85. The lowest BCUT2D eigenvalue weighted by atomic mass is 10.0. The number of fused-ring (bicyclic) bond motifs is 1. The predicted molar refractivity (Wildman–Crippen MR) is 125 cm³/mol. The van der Waals surface area contributed by atoms with Crippen molar-refractivity contribution in [3.8, 4) is 11.1 Å². The first-order valence-corrected chi connectivity index (χ1v) is 11.0. The van der Waals surface area contributed by atoms with Gasteiger partial charge in [0.1, 0.15) is 33.3 Å². The van der Waals surface area contributed by atoms with E-state index in [1.54, 1.807) is 30.3 Å². The number of amides is 2. The molecular weight excluding hydrogens is 482 g/mol. The first-order valence-electron chi connectivity index (χ1n) is 10.2. The Morgan fingerprint density at radius 2 is 1.94 bits per heavy atom. The van der Waals surface area contributed by atoms with Crippen molar-refractivity contribution in [2.24, 2.45) is 5.73 Å². The number of primary amides is 1. The van der Waals surface area contributed by atoms with E-state index in [1.165, 1.54) is 19.9 Å². The fraction of sp³-hybridized carbons (Fsp3) is 0.182. The Morgan fingerprint density at radius 3 is 2.51 bits per heavy atom. The van der Waals surface area contributed by atoms with Crippen LogP contribution in [0.1, 0.15) is 40.5 Å². The van der Waals surface area contributed by atoms with Crippen LogP contribution in [-0.2, 0) is 4.79 Å². The zero-order valence-corrected chi connectivity index (χ0v) is 19.2. The smallest absolute Gasteiger partial charge is 0.309 e. The van der Waals surface area contributed by atoms with Gasteiger partial charge < -0.3 is 11.1 Å². The van der Waals surface area contributed by atoms with Gasteiger partial charge in [-0.1, -0.05) is 30.3 Å². The number of thiophene rings is 1. The average Bonchev–Trinajstić information content (AvgIpc) is 3.39. The van der Waals surface area contributed by atoms with Gasteiger partial charge in [0, 0.05) is 5.39 Å². The van der Waals surface area contributed by atoms with E-state index in [1.807, 2.05) is 0 Å². The predicted octanol–water partition coefficient (Wildman–Crippen LogP) is 4.61. The SMILES string of the molecule is Cc1nn(C(C)C(=O)Nc2c(C(N)=O)sc3nc(C(F)F)cc(-c4ccccc4)c23)cc1[N+](=O)[O-]. The molecule has 3 N–H and O–H groups in total. The Kier molecular flexibility index (Phi) is 6.26. The summed E-state index contributed by atoms with van der Waals surface area (Å²) in [6.07, 6.45) is -1.73. The monoisotopic (exact) mass is 500 g/mol. The van der Waals surface area contributed by atoms with Crippen molar-refractivity contribution in [3.05, 3.63) is 69.0 Å². The summed E-state index contributed by atoms with van der Waals surface area (Å²) < 4.78 is 28.3. The van der Waals surface area contributed by atoms with Gasteiger partial charge in [-0.3, -0.25) is 24.4 Å². The van der Waals surface area contributed by atoms with Crippen LogP contribution in [0.15, 0.2) is 42.6 Å². The molecule has 1 aromatic carbocycles. The Morgan fingerprint density at radius 1 is 1.26 bits per heavy atom. The van der Waals surface area contributed by atoms with Gasteiger partial charge in [0.2, 0.25) is 5.91 Å². The summed E-state index contributed by atoms with van der Waals surface area (Å²) in [6.45, 7) is 2.91. The first kappa shape index (κ1) is 23.9. The molecule has 0 spiro atoms. The second-order valence-electron chi connectivity index (χ2n) is 7.61. The maximum atomic E-state index is 13.6. The Hall–Kier alpha value is -4.26. The number of hydrogen-bond donors (Lipinski definition) is 2. The molecule has 180 valence electrons. The summed E-state index contributed by atoms with van der Waals surface area (Å²) in [5, 5.41) is 18.1. The number of halogens is 2. The number of nitrogens with two attached hydrogens (primary N) is 1. The van der Waals surface area contributed by atoms with Crippen molar-refractivity contribution < 1.29 is 23.3 Å². The van der Waals surface area contributed by atoms with Gasteiger partial charge in [-0.15, -0.1) is 11.3 Å². The number of anilines is 1. The number of benzene rings is 1. The van der Waals surface area contributed by atoms with E-state index in [2.05, 4.69) is 15.4 Å². The van der Waals surface area contributed by atoms with E-state index in [4.69, 9.17) is 5.73 Å². The minimum absolute atomic E-state index is 0.0277. The number of pyridine rings is 1. The molecule has 0 fully saturated rings. The average molecular weight is 500 g/mol. The Labute approximate surface area is 200 Å². The minimum Gasteiger partial charge on any atom is -0.365 e. The van der Waals surface area contributed by atoms with Gasteiger partial charge in [0.15, 0.2) is 0 Å². The van der Waals surface area contributed by atoms with Crippen LogP contribution in [0.3, 0.4) is 0 Å². The highest BCUT2D eigenvalue weighted by Crippen LogP contribution is 2.42. The van der Waals surface area contributed by atoms with Crippen LogP contribution >= 0.6 is 11.3 Å². The number of nitrogens with one attached hydrogen (secondary N) is 1. The van der Waals surface area contributed by atoms with E-state index in [9.17, 15) is 28.5 Å². The number of nitrogens with zero attached hydrogens (tertiary/aromatic N) is 4. The van der Waals surface area contributed by atoms with Crippen LogP contribution in [0, 0.1) is 17.0 Å². The van der Waals surface area contributed by atoms with E-state index in [0.717, 1.165) is 22.2 Å². The largest absolute Gasteiger partial charge is 0.365 e. The summed E-state index contributed by atoms with van der Waals surface area (Å²) >= 11 is 0.787. The summed E-state index contributed by atoms with van der Waals surface area (Å²) in [6, 6.07) is 8.80. The number of hydrogen-bond acceptors (Lipinski definition) is 7. The molecule has 0 saturated heterocycles. The number of rotatable bonds is 7. The molecule has 10 nitrogen and oxygen atoms in total. The molecular formula is C22H18F2N6O4S. The van der Waals surface area contributed by atoms with Crippen molar-refractivity contribution in [2.45, 2.75) is 26.3 Å². The van der Waals surface area contributed by atoms with Crippen LogP contribution in [0.4, 0.5) is 20.2 Å². The normalized spacial score (nSPS) is 12.1. The lowest BCUT2D eigenvalue weighted by molar-refractivity contribution is -0.385. The van der Waals surface area contributed by atoms with Gasteiger partial charge in [-0.05, 0) is 31.0 Å². The van der Waals surface area contributed by atoms with Gasteiger partial charge in [0.05, 0.1) is 10.6 Å². The van der Waals surface area contributed by atoms with Crippen LogP contribution in [-0.4, -0.2) is 31.5 Å². The van der Waals surface area contributed by atoms with Crippen molar-refractivity contribution in [1.82, 2.24) is 14.8 Å². The van der Waals surface area contributed by atoms with Gasteiger partial charge in [-0.2, -0.15) is 5.10 Å². The minimum atomic E-state index is -2.86. The van der Waals surface area contributed by atoms with Crippen molar-refractivity contribution >= 4 is 44.7 Å². The molecule has 0 saturated carbocycles. The molecule has 3 aromatic heterocycles. The van der Waals surface area contributed by atoms with Crippen LogP contribution in [0.5, 0.6) is 0 Å². The summed E-state index contributed by atoms with van der Waals surface area (Å²) in [5.74, 6) is -1.53. The van der Waals surface area contributed by atoms with Gasteiger partial charge in [0.25, 0.3) is 12.3 Å². The molecule has 0 aliphatic heterocycles. The summed E-state index contributed by atoms with van der Waals surface area (Å²) in [7, 11) is 0. The number of carbonyl (C=O) groups is 2. The highest BCUT2D eigenvalue weighted by molar-refractivity contribution is 7.21. The summed E-state index contributed by atoms with van der Waals surface area (Å²) in [5.41, 5.74) is 5.86.